The van der Waals surface area contributed by atoms with Crippen molar-refractivity contribution in [2.75, 3.05) is 0 Å². The average molecular weight is 438 g/mol. The van der Waals surface area contributed by atoms with Crippen LogP contribution in [0.15, 0.2) is 42.7 Å². The third kappa shape index (κ3) is 1.64. The molecule has 0 bridgehead atoms. The van der Waals surface area contributed by atoms with Crippen LogP contribution < -0.4 is 0 Å². The van der Waals surface area contributed by atoms with Crippen LogP contribution in [-0.2, 0) is 20.1 Å². The standard InChI is InChI=1S/C17H13N2.Ir/c1-11-7-8-12(2)16-15(11)13-5-3-4-6-14(13)17-18-9-10-19(16)17;/h3-5,7-10H,1-2H3;/q-1;. The average Bonchev–Trinajstić information content (AvgIpc) is 2.91. The van der Waals surface area contributed by atoms with Gasteiger partial charge in [-0.15, -0.1) is 29.7 Å². The van der Waals surface area contributed by atoms with Crippen molar-refractivity contribution < 1.29 is 20.1 Å². The van der Waals surface area contributed by atoms with Crippen molar-refractivity contribution >= 4 is 27.3 Å². The van der Waals surface area contributed by atoms with Crippen LogP contribution in [0.2, 0.25) is 0 Å². The Morgan fingerprint density at radius 3 is 2.75 bits per heavy atom. The van der Waals surface area contributed by atoms with Gasteiger partial charge in [-0.1, -0.05) is 23.1 Å². The first-order valence-corrected chi connectivity index (χ1v) is 6.43. The molecule has 0 aliphatic heterocycles. The molecular formula is C17H13IrN2-. The maximum Gasteiger partial charge on any atom is 0.0608 e. The second kappa shape index (κ2) is 4.69. The number of hydrogen-bond acceptors (Lipinski definition) is 1. The Labute approximate surface area is 130 Å². The Kier molecular flexibility index (Phi) is 3.12. The molecule has 2 aromatic carbocycles. The SMILES string of the molecule is Cc1ccc(C)c2c1c1ccc[c-]c1c1nccn12.[Ir]. The van der Waals surface area contributed by atoms with Gasteiger partial charge in [-0.3, -0.25) is 4.98 Å². The number of imidazole rings is 1. The molecule has 0 aliphatic rings. The van der Waals surface area contributed by atoms with E-state index in [2.05, 4.69) is 47.5 Å². The number of nitrogens with zero attached hydrogens (tertiary/aromatic N) is 2. The van der Waals surface area contributed by atoms with Crippen molar-refractivity contribution in [3.8, 4) is 0 Å². The molecule has 0 aliphatic carbocycles. The first-order valence-electron chi connectivity index (χ1n) is 6.43. The molecule has 0 saturated heterocycles. The summed E-state index contributed by atoms with van der Waals surface area (Å²) in [5.74, 6) is 0. The van der Waals surface area contributed by atoms with E-state index in [0.29, 0.717) is 0 Å². The number of aryl methyl sites for hydroxylation is 2. The molecule has 0 N–H and O–H groups in total. The van der Waals surface area contributed by atoms with E-state index in [0.717, 1.165) is 11.0 Å². The minimum absolute atomic E-state index is 0. The molecule has 0 saturated carbocycles. The van der Waals surface area contributed by atoms with Crippen molar-refractivity contribution in [1.29, 1.82) is 0 Å². The zero-order valence-electron chi connectivity index (χ0n) is 11.3. The first kappa shape index (κ1) is 13.3. The second-order valence-electron chi connectivity index (χ2n) is 5.00. The van der Waals surface area contributed by atoms with Crippen molar-refractivity contribution in [2.45, 2.75) is 13.8 Å². The summed E-state index contributed by atoms with van der Waals surface area (Å²) < 4.78 is 2.18. The molecule has 0 atom stereocenters. The van der Waals surface area contributed by atoms with E-state index in [-0.39, 0.29) is 20.1 Å². The molecule has 0 spiro atoms. The maximum atomic E-state index is 4.50. The fourth-order valence-corrected chi connectivity index (χ4v) is 2.95. The molecular weight excluding hydrogens is 424 g/mol. The van der Waals surface area contributed by atoms with E-state index in [4.69, 9.17) is 0 Å². The van der Waals surface area contributed by atoms with E-state index < -0.39 is 0 Å². The third-order valence-electron chi connectivity index (χ3n) is 3.82. The largest absolute Gasteiger partial charge is 0.340 e. The molecule has 0 amide bonds. The number of pyridine rings is 1. The summed E-state index contributed by atoms with van der Waals surface area (Å²) in [4.78, 5) is 4.50. The molecule has 0 unspecified atom stereocenters. The fraction of sp³-hybridized carbons (Fsp3) is 0.118. The van der Waals surface area contributed by atoms with Gasteiger partial charge in [0.25, 0.3) is 0 Å². The Bertz CT molecular complexity index is 938. The normalized spacial score (nSPS) is 11.1. The van der Waals surface area contributed by atoms with Gasteiger partial charge >= 0.3 is 0 Å². The van der Waals surface area contributed by atoms with Crippen molar-refractivity contribution in [1.82, 2.24) is 9.38 Å². The smallest absolute Gasteiger partial charge is 0.0608 e. The van der Waals surface area contributed by atoms with Gasteiger partial charge in [0.2, 0.25) is 0 Å². The van der Waals surface area contributed by atoms with Gasteiger partial charge in [0.15, 0.2) is 0 Å². The molecule has 101 valence electrons. The minimum atomic E-state index is 0. The van der Waals surface area contributed by atoms with E-state index in [1.54, 1.807) is 0 Å². The Morgan fingerprint density at radius 2 is 1.90 bits per heavy atom. The Balaban J connectivity index is 0.00000121. The second-order valence-corrected chi connectivity index (χ2v) is 5.00. The van der Waals surface area contributed by atoms with Crippen LogP contribution in [0.4, 0.5) is 0 Å². The molecule has 1 radical (unpaired) electrons. The van der Waals surface area contributed by atoms with E-state index in [1.165, 1.54) is 27.4 Å². The molecule has 20 heavy (non-hydrogen) atoms. The van der Waals surface area contributed by atoms with Crippen LogP contribution in [0.25, 0.3) is 27.3 Å². The molecule has 3 heteroatoms. The van der Waals surface area contributed by atoms with Gasteiger partial charge in [-0.25, -0.2) is 0 Å². The fourth-order valence-electron chi connectivity index (χ4n) is 2.95. The molecule has 2 heterocycles. The van der Waals surface area contributed by atoms with Gasteiger partial charge in [-0.05, 0) is 24.8 Å². The van der Waals surface area contributed by atoms with E-state index >= 15 is 0 Å². The number of hydrogen-bond donors (Lipinski definition) is 0. The van der Waals surface area contributed by atoms with Crippen LogP contribution in [0.1, 0.15) is 11.1 Å². The quantitative estimate of drug-likeness (QED) is 0.300. The van der Waals surface area contributed by atoms with Crippen LogP contribution in [0, 0.1) is 19.9 Å². The van der Waals surface area contributed by atoms with Crippen LogP contribution in [-0.4, -0.2) is 9.38 Å². The summed E-state index contributed by atoms with van der Waals surface area (Å²) in [6.45, 7) is 4.32. The van der Waals surface area contributed by atoms with Gasteiger partial charge in [0.1, 0.15) is 0 Å². The zero-order valence-corrected chi connectivity index (χ0v) is 13.7. The van der Waals surface area contributed by atoms with Gasteiger partial charge in [0.05, 0.1) is 5.65 Å². The Hall–Kier alpha value is -1.70. The van der Waals surface area contributed by atoms with Crippen LogP contribution in [0.3, 0.4) is 0 Å². The van der Waals surface area contributed by atoms with Gasteiger partial charge in [0, 0.05) is 38.0 Å². The predicted octanol–water partition coefficient (Wildman–Crippen LogP) is 4.06. The van der Waals surface area contributed by atoms with Gasteiger partial charge in [-0.2, -0.15) is 0 Å². The molecule has 2 aromatic heterocycles. The molecule has 4 aromatic rings. The summed E-state index contributed by atoms with van der Waals surface area (Å²) >= 11 is 0. The molecule has 4 rings (SSSR count). The van der Waals surface area contributed by atoms with Crippen molar-refractivity contribution in [2.24, 2.45) is 0 Å². The number of benzene rings is 2. The van der Waals surface area contributed by atoms with Crippen LogP contribution >= 0.6 is 0 Å². The van der Waals surface area contributed by atoms with E-state index in [9.17, 15) is 0 Å². The monoisotopic (exact) mass is 438 g/mol. The summed E-state index contributed by atoms with van der Waals surface area (Å²) in [5.41, 5.74) is 4.80. The minimum Gasteiger partial charge on any atom is -0.340 e. The molecule has 0 fully saturated rings. The summed E-state index contributed by atoms with van der Waals surface area (Å²) in [7, 11) is 0. The van der Waals surface area contributed by atoms with Gasteiger partial charge < -0.3 is 4.40 Å². The first-order chi connectivity index (χ1) is 9.27. The maximum absolute atomic E-state index is 4.50. The summed E-state index contributed by atoms with van der Waals surface area (Å²) in [6.07, 6.45) is 3.89. The summed E-state index contributed by atoms with van der Waals surface area (Å²) in [5, 5.41) is 3.63. The van der Waals surface area contributed by atoms with Crippen molar-refractivity contribution in [3.05, 3.63) is 59.9 Å². The number of fused-ring (bicyclic) bond motifs is 6. The number of rotatable bonds is 0. The Morgan fingerprint density at radius 1 is 1.10 bits per heavy atom. The van der Waals surface area contributed by atoms with E-state index in [1.807, 2.05) is 24.5 Å². The topological polar surface area (TPSA) is 17.3 Å². The zero-order chi connectivity index (χ0) is 13.0. The van der Waals surface area contributed by atoms with Crippen molar-refractivity contribution in [3.63, 3.8) is 0 Å². The van der Waals surface area contributed by atoms with Crippen LogP contribution in [0.5, 0.6) is 0 Å². The number of aromatic nitrogens is 2. The summed E-state index contributed by atoms with van der Waals surface area (Å²) in [6, 6.07) is 13.9. The predicted molar refractivity (Wildman–Crippen MR) is 78.5 cm³/mol. The molecule has 2 nitrogen and oxygen atoms in total. The third-order valence-corrected chi connectivity index (χ3v) is 3.82.